The first-order valence-corrected chi connectivity index (χ1v) is 11.2. The van der Waals surface area contributed by atoms with E-state index < -0.39 is 10.0 Å². The summed E-state index contributed by atoms with van der Waals surface area (Å²) in [6, 6.07) is 12.0. The van der Waals surface area contributed by atoms with Crippen molar-refractivity contribution in [3.05, 3.63) is 59.4 Å². The van der Waals surface area contributed by atoms with Crippen LogP contribution in [0.5, 0.6) is 0 Å². The van der Waals surface area contributed by atoms with Crippen molar-refractivity contribution in [2.24, 2.45) is 0 Å². The summed E-state index contributed by atoms with van der Waals surface area (Å²) < 4.78 is 30.6. The fourth-order valence-electron chi connectivity index (χ4n) is 2.95. The normalized spacial score (nSPS) is 12.4. The molecule has 3 aromatic rings. The lowest BCUT2D eigenvalue weighted by Gasteiger charge is -2.19. The zero-order chi connectivity index (χ0) is 21.4. The summed E-state index contributed by atoms with van der Waals surface area (Å²) in [5.41, 5.74) is 1.96. The number of aromatic nitrogens is 3. The Bertz CT molecular complexity index is 1110. The zero-order valence-electron chi connectivity index (χ0n) is 17.1. The van der Waals surface area contributed by atoms with Crippen LogP contribution in [-0.4, -0.2) is 23.2 Å². The molecule has 3 rings (SSSR count). The predicted molar refractivity (Wildman–Crippen MR) is 117 cm³/mol. The molecule has 6 nitrogen and oxygen atoms in total. The van der Waals surface area contributed by atoms with E-state index >= 15 is 0 Å². The molecule has 0 saturated carbocycles. The van der Waals surface area contributed by atoms with Gasteiger partial charge in [-0.15, -0.1) is 10.2 Å². The molecule has 0 radical (unpaired) electrons. The number of benzene rings is 2. The molecule has 8 heteroatoms. The van der Waals surface area contributed by atoms with Crippen molar-refractivity contribution < 1.29 is 8.42 Å². The minimum atomic E-state index is -3.81. The summed E-state index contributed by atoms with van der Waals surface area (Å²) >= 11 is 6.15. The van der Waals surface area contributed by atoms with Crippen LogP contribution in [0.4, 0.5) is 5.69 Å². The standard InChI is InChI=1S/C21H25ClN4O2S/c1-14(2)26-13-23-24-20(26)18-11-8-16(22)12-19(18)25-29(27,28)17-9-6-15(7-10-17)21(3,4)5/h6-14,25H,1-5H3. The molecule has 0 aliphatic rings. The van der Waals surface area contributed by atoms with Gasteiger partial charge >= 0.3 is 0 Å². The van der Waals surface area contributed by atoms with E-state index in [0.29, 0.717) is 22.1 Å². The number of nitrogens with zero attached hydrogens (tertiary/aromatic N) is 3. The summed E-state index contributed by atoms with van der Waals surface area (Å²) in [6.45, 7) is 10.3. The van der Waals surface area contributed by atoms with Crippen LogP contribution in [0.2, 0.25) is 5.02 Å². The lowest BCUT2D eigenvalue weighted by atomic mass is 9.87. The molecule has 2 aromatic carbocycles. The number of sulfonamides is 1. The second kappa shape index (κ2) is 7.80. The van der Waals surface area contributed by atoms with E-state index in [1.165, 1.54) is 0 Å². The maximum absolute atomic E-state index is 13.0. The zero-order valence-corrected chi connectivity index (χ0v) is 18.7. The van der Waals surface area contributed by atoms with E-state index in [1.54, 1.807) is 36.7 Å². The van der Waals surface area contributed by atoms with Crippen molar-refractivity contribution in [1.82, 2.24) is 14.8 Å². The molecule has 0 atom stereocenters. The van der Waals surface area contributed by atoms with Crippen LogP contribution in [0.1, 0.15) is 46.2 Å². The first-order valence-electron chi connectivity index (χ1n) is 9.32. The smallest absolute Gasteiger partial charge is 0.261 e. The number of halogens is 1. The third-order valence-corrected chi connectivity index (χ3v) is 6.24. The molecular formula is C21H25ClN4O2S. The van der Waals surface area contributed by atoms with Crippen LogP contribution in [0.15, 0.2) is 53.7 Å². The van der Waals surface area contributed by atoms with Crippen molar-refractivity contribution >= 4 is 27.3 Å². The van der Waals surface area contributed by atoms with Gasteiger partial charge in [-0.3, -0.25) is 4.72 Å². The predicted octanol–water partition coefficient (Wildman–Crippen LogP) is 5.28. The second-order valence-corrected chi connectivity index (χ2v) is 10.3. The average molecular weight is 433 g/mol. The molecule has 0 bridgehead atoms. The summed E-state index contributed by atoms with van der Waals surface area (Å²) in [5.74, 6) is 0.567. The molecular weight excluding hydrogens is 408 g/mol. The van der Waals surface area contributed by atoms with Gasteiger partial charge in [0.1, 0.15) is 6.33 Å². The average Bonchev–Trinajstić information content (AvgIpc) is 3.11. The van der Waals surface area contributed by atoms with Gasteiger partial charge in [0.15, 0.2) is 5.82 Å². The number of hydrogen-bond donors (Lipinski definition) is 1. The Morgan fingerprint density at radius 3 is 2.31 bits per heavy atom. The van der Waals surface area contributed by atoms with Crippen molar-refractivity contribution in [3.8, 4) is 11.4 Å². The fraction of sp³-hybridized carbons (Fsp3) is 0.333. The van der Waals surface area contributed by atoms with Gasteiger partial charge in [-0.25, -0.2) is 8.42 Å². The number of nitrogens with one attached hydrogen (secondary N) is 1. The summed E-state index contributed by atoms with van der Waals surface area (Å²) in [7, 11) is -3.81. The van der Waals surface area contributed by atoms with Gasteiger partial charge < -0.3 is 4.57 Å². The Morgan fingerprint density at radius 2 is 1.72 bits per heavy atom. The highest BCUT2D eigenvalue weighted by molar-refractivity contribution is 7.92. The molecule has 0 fully saturated rings. The van der Waals surface area contributed by atoms with Gasteiger partial charge in [-0.05, 0) is 55.2 Å². The Kier molecular flexibility index (Phi) is 5.74. The molecule has 1 heterocycles. The van der Waals surface area contributed by atoms with Crippen LogP contribution >= 0.6 is 11.6 Å². The van der Waals surface area contributed by atoms with Gasteiger partial charge in [-0.1, -0.05) is 44.5 Å². The van der Waals surface area contributed by atoms with Crippen LogP contribution in [0.25, 0.3) is 11.4 Å². The highest BCUT2D eigenvalue weighted by atomic mass is 35.5. The molecule has 1 N–H and O–H groups in total. The molecule has 0 aliphatic carbocycles. The first kappa shape index (κ1) is 21.3. The lowest BCUT2D eigenvalue weighted by molar-refractivity contribution is 0.587. The van der Waals surface area contributed by atoms with Gasteiger partial charge in [0.05, 0.1) is 10.6 Å². The van der Waals surface area contributed by atoms with Crippen LogP contribution in [0.3, 0.4) is 0 Å². The minimum Gasteiger partial charge on any atom is -0.311 e. The van der Waals surface area contributed by atoms with E-state index in [-0.39, 0.29) is 16.4 Å². The lowest BCUT2D eigenvalue weighted by Crippen LogP contribution is -2.15. The first-order chi connectivity index (χ1) is 13.5. The van der Waals surface area contributed by atoms with Crippen molar-refractivity contribution in [2.75, 3.05) is 4.72 Å². The Labute approximate surface area is 177 Å². The van der Waals surface area contributed by atoms with E-state index in [4.69, 9.17) is 11.6 Å². The van der Waals surface area contributed by atoms with Crippen molar-refractivity contribution in [1.29, 1.82) is 0 Å². The van der Waals surface area contributed by atoms with E-state index in [1.807, 2.05) is 30.5 Å². The van der Waals surface area contributed by atoms with E-state index in [2.05, 4.69) is 35.7 Å². The van der Waals surface area contributed by atoms with Crippen molar-refractivity contribution in [3.63, 3.8) is 0 Å². The van der Waals surface area contributed by atoms with Crippen LogP contribution in [-0.2, 0) is 15.4 Å². The van der Waals surface area contributed by atoms with E-state index in [9.17, 15) is 8.42 Å². The van der Waals surface area contributed by atoms with Gasteiger partial charge in [0, 0.05) is 16.6 Å². The van der Waals surface area contributed by atoms with E-state index in [0.717, 1.165) is 5.56 Å². The molecule has 1 aromatic heterocycles. The third-order valence-electron chi connectivity index (χ3n) is 4.63. The molecule has 0 spiro atoms. The number of anilines is 1. The molecule has 0 aliphatic heterocycles. The topological polar surface area (TPSA) is 76.9 Å². The van der Waals surface area contributed by atoms with Crippen molar-refractivity contribution in [2.45, 2.75) is 51.0 Å². The number of hydrogen-bond acceptors (Lipinski definition) is 4. The Hall–Kier alpha value is -2.38. The Balaban J connectivity index is 2.01. The SMILES string of the molecule is CC(C)n1cnnc1-c1ccc(Cl)cc1NS(=O)(=O)c1ccc(C(C)(C)C)cc1. The largest absolute Gasteiger partial charge is 0.311 e. The molecule has 154 valence electrons. The van der Waals surface area contributed by atoms with Crippen LogP contribution < -0.4 is 4.72 Å². The molecule has 29 heavy (non-hydrogen) atoms. The monoisotopic (exact) mass is 432 g/mol. The van der Waals surface area contributed by atoms with Crippen LogP contribution in [0, 0.1) is 0 Å². The highest BCUT2D eigenvalue weighted by Crippen LogP contribution is 2.32. The maximum atomic E-state index is 13.0. The quantitative estimate of drug-likeness (QED) is 0.595. The fourth-order valence-corrected chi connectivity index (χ4v) is 4.19. The van der Waals surface area contributed by atoms with Gasteiger partial charge in [-0.2, -0.15) is 0 Å². The highest BCUT2D eigenvalue weighted by Gasteiger charge is 2.21. The van der Waals surface area contributed by atoms with Gasteiger partial charge in [0.2, 0.25) is 0 Å². The summed E-state index contributed by atoms with van der Waals surface area (Å²) in [5, 5.41) is 8.57. The minimum absolute atomic E-state index is 0.0588. The Morgan fingerprint density at radius 1 is 1.07 bits per heavy atom. The molecule has 0 amide bonds. The molecule has 0 saturated heterocycles. The maximum Gasteiger partial charge on any atom is 0.261 e. The summed E-state index contributed by atoms with van der Waals surface area (Å²) in [6.07, 6.45) is 1.62. The molecule has 0 unspecified atom stereocenters. The van der Waals surface area contributed by atoms with Gasteiger partial charge in [0.25, 0.3) is 10.0 Å². The summed E-state index contributed by atoms with van der Waals surface area (Å²) in [4.78, 5) is 0.182. The number of rotatable bonds is 5. The third kappa shape index (κ3) is 4.62. The second-order valence-electron chi connectivity index (χ2n) is 8.23.